The van der Waals surface area contributed by atoms with Gasteiger partial charge >= 0.3 is 12.0 Å². The minimum Gasteiger partial charge on any atom is -0.480 e. The lowest BCUT2D eigenvalue weighted by Crippen LogP contribution is -2.48. The molecule has 0 spiro atoms. The zero-order valence-corrected chi connectivity index (χ0v) is 10.4. The molecule has 0 radical (unpaired) electrons. The maximum atomic E-state index is 11.4. The summed E-state index contributed by atoms with van der Waals surface area (Å²) in [5.74, 6) is -0.766. The van der Waals surface area contributed by atoms with Crippen LogP contribution >= 0.6 is 0 Å². The first kappa shape index (κ1) is 14.7. The highest BCUT2D eigenvalue weighted by molar-refractivity contribution is 5.82. The number of rotatable bonds is 6. The Balaban J connectivity index is 4.18. The summed E-state index contributed by atoms with van der Waals surface area (Å²) in [4.78, 5) is 22.3. The van der Waals surface area contributed by atoms with Crippen molar-refractivity contribution in [1.29, 1.82) is 0 Å². The Morgan fingerprint density at radius 1 is 1.19 bits per heavy atom. The van der Waals surface area contributed by atoms with Crippen LogP contribution < -0.4 is 10.6 Å². The first-order valence-electron chi connectivity index (χ1n) is 5.66. The molecular formula is C11H22N2O3. The van der Waals surface area contributed by atoms with Crippen molar-refractivity contribution in [2.75, 3.05) is 0 Å². The van der Waals surface area contributed by atoms with E-state index in [0.717, 1.165) is 6.42 Å². The van der Waals surface area contributed by atoms with Gasteiger partial charge in [-0.2, -0.15) is 0 Å². The van der Waals surface area contributed by atoms with Gasteiger partial charge in [0.15, 0.2) is 0 Å². The van der Waals surface area contributed by atoms with E-state index in [1.165, 1.54) is 0 Å². The number of urea groups is 1. The van der Waals surface area contributed by atoms with E-state index >= 15 is 0 Å². The minimum absolute atomic E-state index is 0.0495. The summed E-state index contributed by atoms with van der Waals surface area (Å²) in [6.45, 7) is 7.67. The average molecular weight is 230 g/mol. The number of hydrogen-bond donors (Lipinski definition) is 3. The largest absolute Gasteiger partial charge is 0.480 e. The van der Waals surface area contributed by atoms with Crippen molar-refractivity contribution in [3.8, 4) is 0 Å². The molecule has 0 fully saturated rings. The van der Waals surface area contributed by atoms with E-state index in [0.29, 0.717) is 6.42 Å². The molecule has 0 rings (SSSR count). The van der Waals surface area contributed by atoms with Crippen LogP contribution in [0.1, 0.15) is 40.5 Å². The lowest BCUT2D eigenvalue weighted by atomic mass is 10.0. The van der Waals surface area contributed by atoms with Crippen molar-refractivity contribution in [3.05, 3.63) is 0 Å². The molecule has 0 unspecified atom stereocenters. The van der Waals surface area contributed by atoms with Gasteiger partial charge in [-0.1, -0.05) is 20.8 Å². The van der Waals surface area contributed by atoms with Crippen LogP contribution in [0.5, 0.6) is 0 Å². The molecule has 0 aliphatic rings. The quantitative estimate of drug-likeness (QED) is 0.648. The van der Waals surface area contributed by atoms with Crippen molar-refractivity contribution in [2.45, 2.75) is 52.6 Å². The predicted molar refractivity (Wildman–Crippen MR) is 62.3 cm³/mol. The highest BCUT2D eigenvalue weighted by Crippen LogP contribution is 2.04. The molecular weight excluding hydrogens is 208 g/mol. The van der Waals surface area contributed by atoms with Crippen LogP contribution in [0.2, 0.25) is 0 Å². The molecule has 2 atom stereocenters. The second-order valence-corrected chi connectivity index (χ2v) is 4.45. The second-order valence-electron chi connectivity index (χ2n) is 4.45. The fourth-order valence-corrected chi connectivity index (χ4v) is 1.22. The molecule has 0 aliphatic heterocycles. The zero-order valence-electron chi connectivity index (χ0n) is 10.4. The number of nitrogens with one attached hydrogen (secondary N) is 2. The third kappa shape index (κ3) is 6.27. The fourth-order valence-electron chi connectivity index (χ4n) is 1.22. The fraction of sp³-hybridized carbons (Fsp3) is 0.818. The lowest BCUT2D eigenvalue weighted by molar-refractivity contribution is -0.139. The Kier molecular flexibility index (Phi) is 6.53. The van der Waals surface area contributed by atoms with Gasteiger partial charge in [0.2, 0.25) is 0 Å². The molecule has 0 bridgehead atoms. The molecule has 0 aromatic carbocycles. The summed E-state index contributed by atoms with van der Waals surface area (Å²) < 4.78 is 0. The molecule has 5 nitrogen and oxygen atoms in total. The smallest absolute Gasteiger partial charge is 0.326 e. The number of carbonyl (C=O) groups is 2. The van der Waals surface area contributed by atoms with Crippen LogP contribution in [0.4, 0.5) is 4.79 Å². The van der Waals surface area contributed by atoms with Crippen LogP contribution in [-0.4, -0.2) is 29.2 Å². The summed E-state index contributed by atoms with van der Waals surface area (Å²) in [6.07, 6.45) is 1.25. The van der Waals surface area contributed by atoms with Crippen LogP contribution in [-0.2, 0) is 4.79 Å². The Labute approximate surface area is 96.6 Å². The topological polar surface area (TPSA) is 78.4 Å². The molecule has 2 amide bonds. The lowest BCUT2D eigenvalue weighted by Gasteiger charge is -2.18. The SMILES string of the molecule is CC[C@H](C)NC(=O)N[C@H](CC(C)C)C(=O)O. The summed E-state index contributed by atoms with van der Waals surface area (Å²) in [6, 6.07) is -1.18. The molecule has 94 valence electrons. The first-order chi connectivity index (χ1) is 7.36. The van der Waals surface area contributed by atoms with Crippen molar-refractivity contribution in [1.82, 2.24) is 10.6 Å². The van der Waals surface area contributed by atoms with Crippen molar-refractivity contribution in [2.24, 2.45) is 5.92 Å². The van der Waals surface area contributed by atoms with Crippen molar-refractivity contribution >= 4 is 12.0 Å². The molecule has 0 aromatic heterocycles. The highest BCUT2D eigenvalue weighted by Gasteiger charge is 2.21. The summed E-state index contributed by atoms with van der Waals surface area (Å²) in [5.41, 5.74) is 0. The van der Waals surface area contributed by atoms with E-state index in [9.17, 15) is 9.59 Å². The van der Waals surface area contributed by atoms with Gasteiger partial charge in [-0.15, -0.1) is 0 Å². The van der Waals surface area contributed by atoms with Gasteiger partial charge in [-0.3, -0.25) is 0 Å². The van der Waals surface area contributed by atoms with Crippen LogP contribution in [0.15, 0.2) is 0 Å². The van der Waals surface area contributed by atoms with Gasteiger partial charge in [-0.25, -0.2) is 9.59 Å². The Morgan fingerprint density at radius 2 is 1.75 bits per heavy atom. The van der Waals surface area contributed by atoms with Crippen molar-refractivity contribution in [3.63, 3.8) is 0 Å². The predicted octanol–water partition coefficient (Wildman–Crippen LogP) is 1.58. The first-order valence-corrected chi connectivity index (χ1v) is 5.66. The standard InChI is InChI=1S/C11H22N2O3/c1-5-8(4)12-11(16)13-9(10(14)15)6-7(2)3/h7-9H,5-6H2,1-4H3,(H,14,15)(H2,12,13,16)/t8-,9+/m0/s1. The van der Waals surface area contributed by atoms with Crippen LogP contribution in [0.25, 0.3) is 0 Å². The molecule has 0 saturated heterocycles. The molecule has 0 heterocycles. The monoisotopic (exact) mass is 230 g/mol. The number of hydrogen-bond acceptors (Lipinski definition) is 2. The maximum absolute atomic E-state index is 11.4. The van der Waals surface area contributed by atoms with Gasteiger partial charge in [-0.05, 0) is 25.7 Å². The second kappa shape index (κ2) is 7.09. The zero-order chi connectivity index (χ0) is 12.7. The van der Waals surface area contributed by atoms with Crippen molar-refractivity contribution < 1.29 is 14.7 Å². The van der Waals surface area contributed by atoms with Gasteiger partial charge < -0.3 is 15.7 Å². The normalized spacial score (nSPS) is 14.3. The van der Waals surface area contributed by atoms with E-state index in [2.05, 4.69) is 10.6 Å². The molecule has 3 N–H and O–H groups in total. The Morgan fingerprint density at radius 3 is 2.12 bits per heavy atom. The Hall–Kier alpha value is -1.26. The Bertz CT molecular complexity index is 241. The highest BCUT2D eigenvalue weighted by atomic mass is 16.4. The third-order valence-corrected chi connectivity index (χ3v) is 2.30. The number of carboxylic acid groups (broad SMARTS) is 1. The van der Waals surface area contributed by atoms with Gasteiger partial charge in [0.1, 0.15) is 6.04 Å². The molecule has 0 aromatic rings. The summed E-state index contributed by atoms with van der Waals surface area (Å²) >= 11 is 0. The average Bonchev–Trinajstić information content (AvgIpc) is 2.15. The molecule has 5 heteroatoms. The van der Waals surface area contributed by atoms with E-state index in [1.54, 1.807) is 0 Å². The van der Waals surface area contributed by atoms with E-state index < -0.39 is 18.0 Å². The van der Waals surface area contributed by atoms with Crippen LogP contribution in [0.3, 0.4) is 0 Å². The van der Waals surface area contributed by atoms with Gasteiger partial charge in [0.05, 0.1) is 0 Å². The number of aliphatic carboxylic acids is 1. The summed E-state index contributed by atoms with van der Waals surface area (Å²) in [5, 5.41) is 14.1. The molecule has 0 saturated carbocycles. The maximum Gasteiger partial charge on any atom is 0.326 e. The van der Waals surface area contributed by atoms with E-state index in [4.69, 9.17) is 5.11 Å². The van der Waals surface area contributed by atoms with E-state index in [-0.39, 0.29) is 12.0 Å². The number of amides is 2. The number of carbonyl (C=O) groups excluding carboxylic acids is 1. The number of carboxylic acids is 1. The van der Waals surface area contributed by atoms with E-state index in [1.807, 2.05) is 27.7 Å². The van der Waals surface area contributed by atoms with Gasteiger partial charge in [0.25, 0.3) is 0 Å². The summed E-state index contributed by atoms with van der Waals surface area (Å²) in [7, 11) is 0. The molecule has 16 heavy (non-hydrogen) atoms. The molecule has 0 aliphatic carbocycles. The van der Waals surface area contributed by atoms with Crippen LogP contribution in [0, 0.1) is 5.92 Å². The third-order valence-electron chi connectivity index (χ3n) is 2.30. The minimum atomic E-state index is -0.993. The van der Waals surface area contributed by atoms with Gasteiger partial charge in [0, 0.05) is 6.04 Å².